The van der Waals surface area contributed by atoms with Crippen molar-refractivity contribution in [2.45, 2.75) is 32.6 Å². The molecular weight excluding hydrogens is 254 g/mol. The minimum absolute atomic E-state index is 0.127. The number of halogens is 2. The number of H-pyrrole nitrogens is 1. The maximum Gasteiger partial charge on any atom is 0.245 e. The number of rotatable bonds is 4. The average molecular weight is 268 g/mol. The molecule has 102 valence electrons. The Bertz CT molecular complexity index is 629. The molecule has 19 heavy (non-hydrogen) atoms. The van der Waals surface area contributed by atoms with Gasteiger partial charge >= 0.3 is 0 Å². The van der Waals surface area contributed by atoms with Gasteiger partial charge in [-0.1, -0.05) is 0 Å². The number of aromatic hydroxyl groups is 1. The molecule has 4 nitrogen and oxygen atoms in total. The molecule has 0 radical (unpaired) electrons. The fraction of sp³-hybridized carbons (Fsp3) is 0.385. The summed E-state index contributed by atoms with van der Waals surface area (Å²) in [6.45, 7) is 2.19. The van der Waals surface area contributed by atoms with Crippen molar-refractivity contribution in [1.29, 1.82) is 0 Å². The van der Waals surface area contributed by atoms with E-state index in [4.69, 9.17) is 0 Å². The summed E-state index contributed by atoms with van der Waals surface area (Å²) in [4.78, 5) is 11.3. The summed E-state index contributed by atoms with van der Waals surface area (Å²) < 4.78 is 25.7. The predicted molar refractivity (Wildman–Crippen MR) is 66.7 cm³/mol. The normalized spacial score (nSPS) is 12.0. The first-order chi connectivity index (χ1) is 8.78. The lowest BCUT2D eigenvalue weighted by atomic mass is 10.0. The molecule has 0 saturated heterocycles. The van der Waals surface area contributed by atoms with Gasteiger partial charge in [-0.3, -0.25) is 9.89 Å². The van der Waals surface area contributed by atoms with Gasteiger partial charge in [-0.15, -0.1) is 0 Å². The van der Waals surface area contributed by atoms with Crippen molar-refractivity contribution in [2.75, 3.05) is 0 Å². The Kier molecular flexibility index (Phi) is 3.26. The molecule has 0 spiro atoms. The molecule has 1 heterocycles. The Morgan fingerprint density at radius 3 is 2.74 bits per heavy atom. The fourth-order valence-electron chi connectivity index (χ4n) is 1.92. The largest absolute Gasteiger partial charge is 0.507 e. The van der Waals surface area contributed by atoms with Crippen molar-refractivity contribution in [3.8, 4) is 5.75 Å². The van der Waals surface area contributed by atoms with E-state index in [1.54, 1.807) is 0 Å². The van der Waals surface area contributed by atoms with E-state index >= 15 is 0 Å². The number of fused-ring (bicyclic) bond motifs is 1. The van der Waals surface area contributed by atoms with E-state index in [0.717, 1.165) is 6.92 Å². The fourth-order valence-corrected chi connectivity index (χ4v) is 1.92. The number of phenolic OH excluding ortho intramolecular Hbond substituents is 1. The monoisotopic (exact) mass is 268 g/mol. The summed E-state index contributed by atoms with van der Waals surface area (Å²) in [5.41, 5.74) is 1.16. The highest BCUT2D eigenvalue weighted by atomic mass is 19.3. The zero-order valence-corrected chi connectivity index (χ0v) is 10.6. The summed E-state index contributed by atoms with van der Waals surface area (Å²) in [6, 6.07) is 2.84. The van der Waals surface area contributed by atoms with Crippen LogP contribution in [0.15, 0.2) is 12.1 Å². The summed E-state index contributed by atoms with van der Waals surface area (Å²) in [5, 5.41) is 16.9. The Morgan fingerprint density at radius 2 is 2.16 bits per heavy atom. The molecule has 0 bridgehead atoms. The lowest BCUT2D eigenvalue weighted by Crippen LogP contribution is -2.10. The number of alkyl halides is 2. The highest BCUT2D eigenvalue weighted by Gasteiger charge is 2.22. The van der Waals surface area contributed by atoms with Gasteiger partial charge in [0.25, 0.3) is 0 Å². The van der Waals surface area contributed by atoms with Crippen LogP contribution in [0.5, 0.6) is 5.75 Å². The van der Waals surface area contributed by atoms with E-state index in [1.165, 1.54) is 19.1 Å². The van der Waals surface area contributed by atoms with Gasteiger partial charge < -0.3 is 5.11 Å². The number of hydrogen-bond acceptors (Lipinski definition) is 3. The summed E-state index contributed by atoms with van der Waals surface area (Å²) in [5.74, 6) is -3.19. The Labute approximate surface area is 108 Å². The predicted octanol–water partition coefficient (Wildman–Crippen LogP) is 3.06. The molecule has 1 aromatic heterocycles. The maximum absolute atomic E-state index is 12.9. The zero-order valence-electron chi connectivity index (χ0n) is 10.6. The SMILES string of the molecule is CC(=O)c1cc2c(CCC(C)(F)F)[nH]nc2cc1O. The Morgan fingerprint density at radius 1 is 1.47 bits per heavy atom. The number of hydrogen-bond donors (Lipinski definition) is 2. The summed E-state index contributed by atoms with van der Waals surface area (Å²) >= 11 is 0. The number of ketones is 1. The summed E-state index contributed by atoms with van der Waals surface area (Å²) in [7, 11) is 0. The van der Waals surface area contributed by atoms with Crippen molar-refractivity contribution in [2.24, 2.45) is 0 Å². The van der Waals surface area contributed by atoms with Gasteiger partial charge in [0.15, 0.2) is 5.78 Å². The first kappa shape index (κ1) is 13.5. The van der Waals surface area contributed by atoms with Crippen LogP contribution in [0.1, 0.15) is 36.3 Å². The van der Waals surface area contributed by atoms with E-state index in [9.17, 15) is 18.7 Å². The molecule has 2 rings (SSSR count). The minimum atomic E-state index is -2.75. The van der Waals surface area contributed by atoms with Gasteiger partial charge in [0.2, 0.25) is 5.92 Å². The van der Waals surface area contributed by atoms with Crippen molar-refractivity contribution in [3.63, 3.8) is 0 Å². The molecule has 6 heteroatoms. The molecule has 2 N–H and O–H groups in total. The molecule has 0 fully saturated rings. The highest BCUT2D eigenvalue weighted by molar-refractivity contribution is 6.01. The number of phenols is 1. The number of Topliss-reactive ketones (excluding diaryl/α,β-unsaturated/α-hetero) is 1. The van der Waals surface area contributed by atoms with Gasteiger partial charge in [0.05, 0.1) is 11.1 Å². The second-order valence-electron chi connectivity index (χ2n) is 4.72. The molecule has 0 saturated carbocycles. The number of aromatic nitrogens is 2. The number of nitrogens with zero attached hydrogens (tertiary/aromatic N) is 1. The number of aryl methyl sites for hydroxylation is 1. The van der Waals surface area contributed by atoms with E-state index in [0.29, 0.717) is 16.6 Å². The molecule has 2 aromatic rings. The summed E-state index contributed by atoms with van der Waals surface area (Å²) in [6.07, 6.45) is -0.178. The topological polar surface area (TPSA) is 66.0 Å². The van der Waals surface area contributed by atoms with E-state index in [1.807, 2.05) is 0 Å². The quantitative estimate of drug-likeness (QED) is 0.837. The number of carbonyl (C=O) groups excluding carboxylic acids is 1. The van der Waals surface area contributed by atoms with Gasteiger partial charge in [0, 0.05) is 23.6 Å². The van der Waals surface area contributed by atoms with Crippen LogP contribution in [0.2, 0.25) is 0 Å². The van der Waals surface area contributed by atoms with Crippen molar-refractivity contribution in [1.82, 2.24) is 10.2 Å². The lowest BCUT2D eigenvalue weighted by Gasteiger charge is -2.08. The van der Waals surface area contributed by atoms with Gasteiger partial charge in [0.1, 0.15) is 5.75 Å². The van der Waals surface area contributed by atoms with Gasteiger partial charge in [-0.25, -0.2) is 8.78 Å². The molecule has 0 aliphatic rings. The Hall–Kier alpha value is -1.98. The minimum Gasteiger partial charge on any atom is -0.507 e. The third kappa shape index (κ3) is 2.89. The van der Waals surface area contributed by atoms with Crippen LogP contribution in [0.3, 0.4) is 0 Å². The van der Waals surface area contributed by atoms with Crippen molar-refractivity contribution in [3.05, 3.63) is 23.4 Å². The zero-order chi connectivity index (χ0) is 14.2. The number of nitrogens with one attached hydrogen (secondary N) is 1. The molecule has 1 aromatic carbocycles. The molecule has 0 unspecified atom stereocenters. The van der Waals surface area contributed by atoms with Crippen LogP contribution in [0.4, 0.5) is 8.78 Å². The second-order valence-corrected chi connectivity index (χ2v) is 4.72. The maximum atomic E-state index is 12.9. The number of benzene rings is 1. The van der Waals surface area contributed by atoms with Crippen LogP contribution < -0.4 is 0 Å². The third-order valence-electron chi connectivity index (χ3n) is 2.94. The smallest absolute Gasteiger partial charge is 0.245 e. The standard InChI is InChI=1S/C13H14F2N2O2/c1-7(18)8-5-9-10(3-4-13(2,14)15)16-17-11(9)6-12(8)19/h5-6,19H,3-4H2,1-2H3,(H,16,17). The van der Waals surface area contributed by atoms with E-state index < -0.39 is 5.92 Å². The van der Waals surface area contributed by atoms with Gasteiger partial charge in [-0.2, -0.15) is 5.10 Å². The van der Waals surface area contributed by atoms with E-state index in [-0.39, 0.29) is 29.9 Å². The first-order valence-corrected chi connectivity index (χ1v) is 5.86. The highest BCUT2D eigenvalue weighted by Crippen LogP contribution is 2.28. The second kappa shape index (κ2) is 4.60. The molecule has 0 atom stereocenters. The van der Waals surface area contributed by atoms with Crippen LogP contribution in [0.25, 0.3) is 10.9 Å². The number of carbonyl (C=O) groups is 1. The van der Waals surface area contributed by atoms with Crippen LogP contribution in [-0.2, 0) is 6.42 Å². The van der Waals surface area contributed by atoms with Gasteiger partial charge in [-0.05, 0) is 26.3 Å². The molecular formula is C13H14F2N2O2. The lowest BCUT2D eigenvalue weighted by molar-refractivity contribution is 0.0131. The number of aromatic amines is 1. The van der Waals surface area contributed by atoms with Crippen LogP contribution >= 0.6 is 0 Å². The van der Waals surface area contributed by atoms with Crippen LogP contribution in [-0.4, -0.2) is 27.0 Å². The first-order valence-electron chi connectivity index (χ1n) is 5.86. The molecule has 0 aliphatic carbocycles. The van der Waals surface area contributed by atoms with Crippen LogP contribution in [0, 0.1) is 0 Å². The third-order valence-corrected chi connectivity index (χ3v) is 2.94. The average Bonchev–Trinajstić information content (AvgIpc) is 2.66. The Balaban J connectivity index is 2.41. The molecule has 0 amide bonds. The molecule has 0 aliphatic heterocycles. The van der Waals surface area contributed by atoms with Crippen molar-refractivity contribution >= 4 is 16.7 Å². The van der Waals surface area contributed by atoms with Crippen molar-refractivity contribution < 1.29 is 18.7 Å². The van der Waals surface area contributed by atoms with E-state index in [2.05, 4.69) is 10.2 Å².